The number of methoxy groups -OCH3 is 1. The molecule has 0 saturated carbocycles. The number of carbonyl (C=O) groups is 1. The number of para-hydroxylation sites is 3. The molecule has 1 amide bonds. The number of fused-ring (bicyclic) bond motifs is 1. The molecule has 0 atom stereocenters. The van der Waals surface area contributed by atoms with Crippen molar-refractivity contribution in [1.82, 2.24) is 24.7 Å². The summed E-state index contributed by atoms with van der Waals surface area (Å²) in [7, 11) is 3.45. The molecule has 0 aliphatic heterocycles. The van der Waals surface area contributed by atoms with Crippen LogP contribution < -0.4 is 21.1 Å². The lowest BCUT2D eigenvalue weighted by Crippen LogP contribution is -2.16. The number of benzene rings is 2. The Bertz CT molecular complexity index is 1590. The number of hydrogen-bond acceptors (Lipinski definition) is 9. The van der Waals surface area contributed by atoms with Crippen molar-refractivity contribution in [2.24, 2.45) is 12.8 Å². The second-order valence-corrected chi connectivity index (χ2v) is 8.44. The van der Waals surface area contributed by atoms with Gasteiger partial charge in [-0.05, 0) is 38.1 Å². The summed E-state index contributed by atoms with van der Waals surface area (Å²) in [5, 5.41) is 10.8. The molecular formula is C26H26N8O3. The molecule has 0 unspecified atom stereocenters. The van der Waals surface area contributed by atoms with Gasteiger partial charge in [-0.25, -0.2) is 9.97 Å². The molecular weight excluding hydrogens is 472 g/mol. The SMILES string of the molecule is COc1c(Nc2nc(NCc3c(C)nn(C)c3C)ncc2C(N)=O)cccc1-c1nc2ccccc2o1. The van der Waals surface area contributed by atoms with Crippen LogP contribution in [0.1, 0.15) is 27.3 Å². The van der Waals surface area contributed by atoms with Gasteiger partial charge >= 0.3 is 0 Å². The number of hydrogen-bond donors (Lipinski definition) is 3. The van der Waals surface area contributed by atoms with Gasteiger partial charge in [-0.1, -0.05) is 18.2 Å². The average Bonchev–Trinajstić information content (AvgIpc) is 3.42. The van der Waals surface area contributed by atoms with Gasteiger partial charge in [0.05, 0.1) is 24.1 Å². The molecule has 2 aromatic carbocycles. The Labute approximate surface area is 212 Å². The van der Waals surface area contributed by atoms with Gasteiger partial charge in [0.1, 0.15) is 16.9 Å². The number of oxazole rings is 1. The predicted octanol–water partition coefficient (Wildman–Crippen LogP) is 4.10. The number of ether oxygens (including phenoxy) is 1. The van der Waals surface area contributed by atoms with Crippen LogP contribution in [-0.4, -0.2) is 37.7 Å². The molecule has 11 heteroatoms. The largest absolute Gasteiger partial charge is 0.494 e. The molecule has 3 aromatic heterocycles. The Kier molecular flexibility index (Phi) is 6.18. The van der Waals surface area contributed by atoms with Crippen LogP contribution in [0.25, 0.3) is 22.6 Å². The molecule has 188 valence electrons. The molecule has 4 N–H and O–H groups in total. The maximum absolute atomic E-state index is 12.2. The number of aromatic nitrogens is 5. The zero-order valence-electron chi connectivity index (χ0n) is 20.9. The first-order chi connectivity index (χ1) is 17.9. The lowest BCUT2D eigenvalue weighted by molar-refractivity contribution is 0.100. The number of nitrogens with two attached hydrogens (primary N) is 1. The van der Waals surface area contributed by atoms with E-state index < -0.39 is 5.91 Å². The number of rotatable bonds is 8. The zero-order valence-corrected chi connectivity index (χ0v) is 20.9. The van der Waals surface area contributed by atoms with Crippen molar-refractivity contribution < 1.29 is 13.9 Å². The van der Waals surface area contributed by atoms with E-state index in [9.17, 15) is 4.79 Å². The Morgan fingerprint density at radius 1 is 1.14 bits per heavy atom. The minimum absolute atomic E-state index is 0.133. The molecule has 0 spiro atoms. The standard InChI is InChI=1S/C26H26N8O3/c1-14-17(15(2)34(3)33-14)12-28-26-29-13-18(23(27)35)24(32-26)30-20-10-7-8-16(22(20)36-4)25-31-19-9-5-6-11-21(19)37-25/h5-11,13H,12H2,1-4H3,(H2,27,35)(H2,28,29,30,32). The fourth-order valence-electron chi connectivity index (χ4n) is 4.12. The summed E-state index contributed by atoms with van der Waals surface area (Å²) in [6.45, 7) is 4.42. The van der Waals surface area contributed by atoms with E-state index in [1.807, 2.05) is 62.0 Å². The van der Waals surface area contributed by atoms with Crippen LogP contribution in [0.2, 0.25) is 0 Å². The van der Waals surface area contributed by atoms with Gasteiger partial charge in [-0.2, -0.15) is 10.1 Å². The molecule has 0 fully saturated rings. The fourth-order valence-corrected chi connectivity index (χ4v) is 4.12. The minimum Gasteiger partial charge on any atom is -0.494 e. The van der Waals surface area contributed by atoms with E-state index in [2.05, 4.69) is 30.7 Å². The molecule has 0 bridgehead atoms. The summed E-state index contributed by atoms with van der Waals surface area (Å²) in [6, 6.07) is 13.0. The maximum Gasteiger partial charge on any atom is 0.254 e. The van der Waals surface area contributed by atoms with Crippen LogP contribution in [0.3, 0.4) is 0 Å². The van der Waals surface area contributed by atoms with Gasteiger partial charge < -0.3 is 25.5 Å². The van der Waals surface area contributed by atoms with Crippen molar-refractivity contribution in [3.05, 3.63) is 71.2 Å². The van der Waals surface area contributed by atoms with Gasteiger partial charge in [0.15, 0.2) is 11.3 Å². The van der Waals surface area contributed by atoms with Crippen LogP contribution in [0.4, 0.5) is 17.5 Å². The van der Waals surface area contributed by atoms with Crippen LogP contribution in [0, 0.1) is 13.8 Å². The van der Waals surface area contributed by atoms with E-state index in [1.54, 1.807) is 13.2 Å². The van der Waals surface area contributed by atoms with Crippen molar-refractivity contribution in [3.63, 3.8) is 0 Å². The van der Waals surface area contributed by atoms with Crippen molar-refractivity contribution >= 4 is 34.5 Å². The Hall–Kier alpha value is -4.93. The van der Waals surface area contributed by atoms with Crippen molar-refractivity contribution in [3.8, 4) is 17.2 Å². The summed E-state index contributed by atoms with van der Waals surface area (Å²) < 4.78 is 13.5. The highest BCUT2D eigenvalue weighted by molar-refractivity contribution is 5.98. The van der Waals surface area contributed by atoms with E-state index in [1.165, 1.54) is 6.20 Å². The van der Waals surface area contributed by atoms with Crippen LogP contribution >= 0.6 is 0 Å². The second-order valence-electron chi connectivity index (χ2n) is 8.44. The van der Waals surface area contributed by atoms with Gasteiger partial charge in [-0.15, -0.1) is 0 Å². The summed E-state index contributed by atoms with van der Waals surface area (Å²) >= 11 is 0. The number of nitrogens with zero attached hydrogens (tertiary/aromatic N) is 5. The molecule has 37 heavy (non-hydrogen) atoms. The Morgan fingerprint density at radius 2 is 1.95 bits per heavy atom. The van der Waals surface area contributed by atoms with Crippen LogP contribution in [0.15, 0.2) is 53.1 Å². The summed E-state index contributed by atoms with van der Waals surface area (Å²) in [4.78, 5) is 25.5. The number of primary amides is 1. The van der Waals surface area contributed by atoms with E-state index in [0.717, 1.165) is 22.5 Å². The lowest BCUT2D eigenvalue weighted by atomic mass is 10.1. The molecule has 0 saturated heterocycles. The van der Waals surface area contributed by atoms with Crippen molar-refractivity contribution in [1.29, 1.82) is 0 Å². The van der Waals surface area contributed by atoms with Crippen LogP contribution in [-0.2, 0) is 13.6 Å². The summed E-state index contributed by atoms with van der Waals surface area (Å²) in [6.07, 6.45) is 1.39. The van der Waals surface area contributed by atoms with Gasteiger partial charge in [0.25, 0.3) is 5.91 Å². The van der Waals surface area contributed by atoms with Crippen molar-refractivity contribution in [2.45, 2.75) is 20.4 Å². The fraction of sp³-hybridized carbons (Fsp3) is 0.192. The number of aryl methyl sites for hydroxylation is 2. The van der Waals surface area contributed by atoms with Gasteiger partial charge in [-0.3, -0.25) is 9.48 Å². The van der Waals surface area contributed by atoms with Crippen LogP contribution in [0.5, 0.6) is 5.75 Å². The number of carbonyl (C=O) groups excluding carboxylic acids is 1. The third kappa shape index (κ3) is 4.54. The molecule has 3 heterocycles. The van der Waals surface area contributed by atoms with Gasteiger partial charge in [0, 0.05) is 31.0 Å². The molecule has 0 aliphatic rings. The molecule has 5 aromatic rings. The van der Waals surface area contributed by atoms with E-state index in [4.69, 9.17) is 14.9 Å². The molecule has 5 rings (SSSR count). The van der Waals surface area contributed by atoms with E-state index in [-0.39, 0.29) is 11.4 Å². The first-order valence-corrected chi connectivity index (χ1v) is 11.6. The normalized spacial score (nSPS) is 11.0. The summed E-state index contributed by atoms with van der Waals surface area (Å²) in [5.41, 5.74) is 11.3. The third-order valence-corrected chi connectivity index (χ3v) is 6.13. The summed E-state index contributed by atoms with van der Waals surface area (Å²) in [5.74, 6) is 0.771. The maximum atomic E-state index is 12.2. The highest BCUT2D eigenvalue weighted by Crippen LogP contribution is 2.38. The lowest BCUT2D eigenvalue weighted by Gasteiger charge is -2.15. The number of amides is 1. The first kappa shape index (κ1) is 23.8. The molecule has 0 radical (unpaired) electrons. The molecule has 11 nitrogen and oxygen atoms in total. The quantitative estimate of drug-likeness (QED) is 0.288. The highest BCUT2D eigenvalue weighted by Gasteiger charge is 2.19. The average molecular weight is 499 g/mol. The Morgan fingerprint density at radius 3 is 2.65 bits per heavy atom. The second kappa shape index (κ2) is 9.61. The van der Waals surface area contributed by atoms with E-state index in [0.29, 0.717) is 41.0 Å². The Balaban J connectivity index is 1.48. The van der Waals surface area contributed by atoms with E-state index >= 15 is 0 Å². The zero-order chi connectivity index (χ0) is 26.1. The minimum atomic E-state index is -0.665. The monoisotopic (exact) mass is 498 g/mol. The smallest absolute Gasteiger partial charge is 0.254 e. The molecule has 0 aliphatic carbocycles. The first-order valence-electron chi connectivity index (χ1n) is 11.6. The predicted molar refractivity (Wildman–Crippen MR) is 140 cm³/mol. The topological polar surface area (TPSA) is 146 Å². The highest BCUT2D eigenvalue weighted by atomic mass is 16.5. The third-order valence-electron chi connectivity index (χ3n) is 6.13. The number of anilines is 3. The number of nitrogens with one attached hydrogen (secondary N) is 2. The van der Waals surface area contributed by atoms with Gasteiger partial charge in [0.2, 0.25) is 11.8 Å². The van der Waals surface area contributed by atoms with Crippen molar-refractivity contribution in [2.75, 3.05) is 17.7 Å².